The van der Waals surface area contributed by atoms with E-state index >= 15 is 0 Å². The van der Waals surface area contributed by atoms with Crippen molar-refractivity contribution in [2.75, 3.05) is 0 Å². The Bertz CT molecular complexity index is 117. The minimum Gasteiger partial charge on any atom is -0.0654 e. The SMILES string of the molecule is CCCCC(CC(C)CC)C(C)CC. The average molecular weight is 198 g/mol. The molecule has 0 heteroatoms. The van der Waals surface area contributed by atoms with Crippen molar-refractivity contribution in [3.05, 3.63) is 0 Å². The predicted octanol–water partition coefficient (Wildman–Crippen LogP) is 5.28. The van der Waals surface area contributed by atoms with Gasteiger partial charge in [-0.2, -0.15) is 0 Å². The van der Waals surface area contributed by atoms with Crippen molar-refractivity contribution in [3.63, 3.8) is 0 Å². The normalized spacial score (nSPS) is 17.8. The molecule has 0 bridgehead atoms. The van der Waals surface area contributed by atoms with Crippen LogP contribution in [0.3, 0.4) is 0 Å². The van der Waals surface area contributed by atoms with Gasteiger partial charge in [-0.25, -0.2) is 0 Å². The van der Waals surface area contributed by atoms with Crippen LogP contribution in [0.2, 0.25) is 0 Å². The van der Waals surface area contributed by atoms with Crippen molar-refractivity contribution in [3.8, 4) is 0 Å². The first kappa shape index (κ1) is 14.0. The Morgan fingerprint density at radius 2 is 1.57 bits per heavy atom. The van der Waals surface area contributed by atoms with Gasteiger partial charge in [0.15, 0.2) is 0 Å². The van der Waals surface area contributed by atoms with Crippen LogP contribution in [0.5, 0.6) is 0 Å². The van der Waals surface area contributed by atoms with E-state index < -0.39 is 0 Å². The molecule has 0 saturated heterocycles. The lowest BCUT2D eigenvalue weighted by atomic mass is 9.81. The summed E-state index contributed by atoms with van der Waals surface area (Å²) in [7, 11) is 0. The summed E-state index contributed by atoms with van der Waals surface area (Å²) in [5.41, 5.74) is 0. The van der Waals surface area contributed by atoms with Crippen molar-refractivity contribution in [1.29, 1.82) is 0 Å². The highest BCUT2D eigenvalue weighted by Crippen LogP contribution is 2.28. The summed E-state index contributed by atoms with van der Waals surface area (Å²) in [5, 5.41) is 0. The van der Waals surface area contributed by atoms with Crippen LogP contribution in [0.25, 0.3) is 0 Å². The Morgan fingerprint density at radius 1 is 0.929 bits per heavy atom. The van der Waals surface area contributed by atoms with Crippen LogP contribution in [0.1, 0.15) is 73.1 Å². The van der Waals surface area contributed by atoms with E-state index in [2.05, 4.69) is 34.6 Å². The van der Waals surface area contributed by atoms with Crippen LogP contribution < -0.4 is 0 Å². The van der Waals surface area contributed by atoms with Crippen molar-refractivity contribution in [2.24, 2.45) is 17.8 Å². The molecule has 0 aromatic rings. The largest absolute Gasteiger partial charge is 0.0654 e. The fourth-order valence-electron chi connectivity index (χ4n) is 2.12. The average Bonchev–Trinajstić information content (AvgIpc) is 2.22. The first-order valence-electron chi connectivity index (χ1n) is 6.65. The van der Waals surface area contributed by atoms with Gasteiger partial charge < -0.3 is 0 Å². The Labute approximate surface area is 91.5 Å². The molecule has 0 nitrogen and oxygen atoms in total. The number of rotatable bonds is 8. The van der Waals surface area contributed by atoms with E-state index in [0.29, 0.717) is 0 Å². The molecular weight excluding hydrogens is 168 g/mol. The molecule has 86 valence electrons. The zero-order valence-corrected chi connectivity index (χ0v) is 11.0. The summed E-state index contributed by atoms with van der Waals surface area (Å²) >= 11 is 0. The van der Waals surface area contributed by atoms with E-state index in [1.54, 1.807) is 0 Å². The zero-order valence-electron chi connectivity index (χ0n) is 11.0. The van der Waals surface area contributed by atoms with Crippen LogP contribution in [0.15, 0.2) is 0 Å². The minimum absolute atomic E-state index is 0.922. The lowest BCUT2D eigenvalue weighted by Gasteiger charge is -2.25. The van der Waals surface area contributed by atoms with Crippen LogP contribution in [-0.2, 0) is 0 Å². The molecule has 0 fully saturated rings. The first-order chi connectivity index (χ1) is 6.65. The van der Waals surface area contributed by atoms with Gasteiger partial charge >= 0.3 is 0 Å². The summed E-state index contributed by atoms with van der Waals surface area (Å²) < 4.78 is 0. The van der Waals surface area contributed by atoms with Gasteiger partial charge in [0.25, 0.3) is 0 Å². The van der Waals surface area contributed by atoms with Gasteiger partial charge in [-0.05, 0) is 24.2 Å². The molecule has 14 heavy (non-hydrogen) atoms. The fourth-order valence-corrected chi connectivity index (χ4v) is 2.12. The maximum Gasteiger partial charge on any atom is -0.0386 e. The molecule has 0 aromatic heterocycles. The highest BCUT2D eigenvalue weighted by atomic mass is 14.2. The molecule has 0 saturated carbocycles. The Balaban J connectivity index is 3.96. The van der Waals surface area contributed by atoms with Crippen molar-refractivity contribution >= 4 is 0 Å². The molecule has 0 aromatic carbocycles. The summed E-state index contributed by atoms with van der Waals surface area (Å²) in [6.45, 7) is 11.8. The van der Waals surface area contributed by atoms with E-state index in [-0.39, 0.29) is 0 Å². The molecule has 3 atom stereocenters. The van der Waals surface area contributed by atoms with Gasteiger partial charge in [-0.3, -0.25) is 0 Å². The van der Waals surface area contributed by atoms with E-state index in [4.69, 9.17) is 0 Å². The van der Waals surface area contributed by atoms with E-state index in [1.165, 1.54) is 38.5 Å². The molecule has 3 unspecified atom stereocenters. The van der Waals surface area contributed by atoms with Gasteiger partial charge in [0.05, 0.1) is 0 Å². The van der Waals surface area contributed by atoms with Gasteiger partial charge in [-0.15, -0.1) is 0 Å². The third-order valence-electron chi connectivity index (χ3n) is 3.78. The Hall–Kier alpha value is 0. The summed E-state index contributed by atoms with van der Waals surface area (Å²) in [5.74, 6) is 2.83. The molecule has 0 aliphatic carbocycles. The van der Waals surface area contributed by atoms with Gasteiger partial charge in [0.2, 0.25) is 0 Å². The lowest BCUT2D eigenvalue weighted by Crippen LogP contribution is -2.14. The predicted molar refractivity (Wildman–Crippen MR) is 66.5 cm³/mol. The van der Waals surface area contributed by atoms with E-state index in [1.807, 2.05) is 0 Å². The summed E-state index contributed by atoms with van der Waals surface area (Å²) in [4.78, 5) is 0. The number of unbranched alkanes of at least 4 members (excludes halogenated alkanes) is 1. The number of hydrogen-bond acceptors (Lipinski definition) is 0. The van der Waals surface area contributed by atoms with Gasteiger partial charge in [-0.1, -0.05) is 66.7 Å². The van der Waals surface area contributed by atoms with Crippen molar-refractivity contribution in [1.82, 2.24) is 0 Å². The van der Waals surface area contributed by atoms with Gasteiger partial charge in [0, 0.05) is 0 Å². The second-order valence-electron chi connectivity index (χ2n) is 5.04. The second kappa shape index (κ2) is 8.32. The monoisotopic (exact) mass is 198 g/mol. The summed E-state index contributed by atoms with van der Waals surface area (Å²) in [6.07, 6.45) is 8.38. The Morgan fingerprint density at radius 3 is 2.00 bits per heavy atom. The standard InChI is InChI=1S/C14H30/c1-6-9-10-14(13(5)8-3)11-12(4)7-2/h12-14H,6-11H2,1-5H3. The summed E-state index contributed by atoms with van der Waals surface area (Å²) in [6, 6.07) is 0. The second-order valence-corrected chi connectivity index (χ2v) is 5.04. The quantitative estimate of drug-likeness (QED) is 0.498. The fraction of sp³-hybridized carbons (Fsp3) is 1.00. The molecule has 0 spiro atoms. The van der Waals surface area contributed by atoms with Crippen LogP contribution in [0, 0.1) is 17.8 Å². The topological polar surface area (TPSA) is 0 Å². The molecular formula is C14H30. The van der Waals surface area contributed by atoms with Crippen LogP contribution in [-0.4, -0.2) is 0 Å². The maximum absolute atomic E-state index is 2.43. The Kier molecular flexibility index (Phi) is 8.32. The molecule has 0 N–H and O–H groups in total. The van der Waals surface area contributed by atoms with E-state index in [0.717, 1.165) is 17.8 Å². The zero-order chi connectivity index (χ0) is 11.0. The lowest BCUT2D eigenvalue weighted by molar-refractivity contribution is 0.259. The van der Waals surface area contributed by atoms with Gasteiger partial charge in [0.1, 0.15) is 0 Å². The third-order valence-corrected chi connectivity index (χ3v) is 3.78. The van der Waals surface area contributed by atoms with Crippen LogP contribution >= 0.6 is 0 Å². The molecule has 0 radical (unpaired) electrons. The van der Waals surface area contributed by atoms with Crippen molar-refractivity contribution < 1.29 is 0 Å². The molecule has 0 amide bonds. The third kappa shape index (κ3) is 5.67. The molecule has 0 rings (SSSR count). The molecule has 0 aliphatic heterocycles. The highest BCUT2D eigenvalue weighted by Gasteiger charge is 2.17. The first-order valence-corrected chi connectivity index (χ1v) is 6.65. The van der Waals surface area contributed by atoms with E-state index in [9.17, 15) is 0 Å². The van der Waals surface area contributed by atoms with Crippen LogP contribution in [0.4, 0.5) is 0 Å². The minimum atomic E-state index is 0.922. The highest BCUT2D eigenvalue weighted by molar-refractivity contribution is 4.68. The smallest absolute Gasteiger partial charge is 0.0386 e. The maximum atomic E-state index is 2.43. The number of hydrogen-bond donors (Lipinski definition) is 0. The molecule has 0 aliphatic rings. The van der Waals surface area contributed by atoms with Crippen molar-refractivity contribution in [2.45, 2.75) is 73.1 Å². The molecule has 0 heterocycles.